The van der Waals surface area contributed by atoms with E-state index in [1.165, 1.54) is 0 Å². The predicted molar refractivity (Wildman–Crippen MR) is 90.9 cm³/mol. The van der Waals surface area contributed by atoms with Gasteiger partial charge in [0.05, 0.1) is 13.2 Å². The molecule has 0 bridgehead atoms. The van der Waals surface area contributed by atoms with E-state index in [2.05, 4.69) is 0 Å². The van der Waals surface area contributed by atoms with Crippen molar-refractivity contribution < 1.29 is 19.0 Å². The molecule has 1 fully saturated rings. The lowest BCUT2D eigenvalue weighted by Crippen LogP contribution is -2.61. The Morgan fingerprint density at radius 1 is 1.17 bits per heavy atom. The van der Waals surface area contributed by atoms with Gasteiger partial charge in [0.1, 0.15) is 0 Å². The minimum Gasteiger partial charge on any atom is -0.379 e. The van der Waals surface area contributed by atoms with Crippen molar-refractivity contribution in [3.63, 3.8) is 0 Å². The van der Waals surface area contributed by atoms with Crippen LogP contribution in [-0.2, 0) is 14.2 Å². The first-order valence-corrected chi connectivity index (χ1v) is 9.20. The molecular formula is C17H25NO4S. The lowest BCUT2D eigenvalue weighted by Gasteiger charge is -2.42. The molecule has 0 N–H and O–H groups in total. The number of ketones is 1. The second-order valence-corrected chi connectivity index (χ2v) is 5.98. The first-order valence-electron chi connectivity index (χ1n) is 7.97. The van der Waals surface area contributed by atoms with Gasteiger partial charge in [0.2, 0.25) is 5.78 Å². The second-order valence-electron chi connectivity index (χ2n) is 5.10. The fourth-order valence-corrected chi connectivity index (χ4v) is 3.08. The molecule has 128 valence electrons. The number of benzene rings is 1. The summed E-state index contributed by atoms with van der Waals surface area (Å²) in [7, 11) is 0. The lowest BCUT2D eigenvalue weighted by molar-refractivity contribution is -0.287. The predicted octanol–water partition coefficient (Wildman–Crippen LogP) is 2.65. The van der Waals surface area contributed by atoms with Crippen LogP contribution < -0.4 is 0 Å². The Labute approximate surface area is 142 Å². The molecule has 2 rings (SSSR count). The van der Waals surface area contributed by atoms with Crippen LogP contribution in [0.5, 0.6) is 0 Å². The maximum Gasteiger partial charge on any atom is 0.297 e. The molecule has 0 aromatic heterocycles. The average molecular weight is 339 g/mol. The third kappa shape index (κ3) is 4.14. The highest BCUT2D eigenvalue weighted by atomic mass is 32.2. The van der Waals surface area contributed by atoms with Gasteiger partial charge < -0.3 is 14.2 Å². The first kappa shape index (κ1) is 18.4. The molecule has 1 aromatic rings. The number of nitrogens with zero attached hydrogens (tertiary/aromatic N) is 1. The SMILES string of the molecule is CCOC(OCC)(C(=O)c1ccc(SC)cc1)N1CCOCC1. The van der Waals surface area contributed by atoms with Crippen molar-refractivity contribution in [2.75, 3.05) is 45.8 Å². The van der Waals surface area contributed by atoms with Crippen LogP contribution in [0.25, 0.3) is 0 Å². The van der Waals surface area contributed by atoms with E-state index >= 15 is 0 Å². The summed E-state index contributed by atoms with van der Waals surface area (Å²) in [5.74, 6) is -1.52. The van der Waals surface area contributed by atoms with Gasteiger partial charge in [0.25, 0.3) is 5.91 Å². The quantitative estimate of drug-likeness (QED) is 0.412. The first-order chi connectivity index (χ1) is 11.2. The molecule has 23 heavy (non-hydrogen) atoms. The molecule has 5 nitrogen and oxygen atoms in total. The molecule has 0 saturated carbocycles. The van der Waals surface area contributed by atoms with Crippen molar-refractivity contribution in [3.05, 3.63) is 29.8 Å². The number of hydrogen-bond acceptors (Lipinski definition) is 6. The Bertz CT molecular complexity index is 494. The molecule has 6 heteroatoms. The zero-order valence-corrected chi connectivity index (χ0v) is 14.9. The fraction of sp³-hybridized carbons (Fsp3) is 0.588. The van der Waals surface area contributed by atoms with E-state index < -0.39 is 5.91 Å². The molecule has 0 spiro atoms. The fourth-order valence-electron chi connectivity index (χ4n) is 2.67. The van der Waals surface area contributed by atoms with Crippen LogP contribution in [0, 0.1) is 0 Å². The van der Waals surface area contributed by atoms with Gasteiger partial charge in [-0.25, -0.2) is 4.90 Å². The molecule has 0 amide bonds. The summed E-state index contributed by atoms with van der Waals surface area (Å²) in [4.78, 5) is 16.3. The van der Waals surface area contributed by atoms with Crippen molar-refractivity contribution in [2.24, 2.45) is 0 Å². The highest BCUT2D eigenvalue weighted by molar-refractivity contribution is 7.98. The zero-order chi connectivity index (χ0) is 16.7. The zero-order valence-electron chi connectivity index (χ0n) is 14.0. The average Bonchev–Trinajstić information content (AvgIpc) is 2.61. The van der Waals surface area contributed by atoms with Crippen LogP contribution >= 0.6 is 11.8 Å². The molecular weight excluding hydrogens is 314 g/mol. The van der Waals surface area contributed by atoms with Crippen LogP contribution in [-0.4, -0.2) is 62.4 Å². The molecule has 0 unspecified atom stereocenters. The minimum atomic E-state index is -1.37. The summed E-state index contributed by atoms with van der Waals surface area (Å²) in [6, 6.07) is 7.56. The van der Waals surface area contributed by atoms with Gasteiger partial charge in [0, 0.05) is 36.8 Å². The van der Waals surface area contributed by atoms with E-state index in [1.807, 2.05) is 49.3 Å². The Kier molecular flexibility index (Phi) is 7.05. The molecule has 1 saturated heterocycles. The number of morpholine rings is 1. The van der Waals surface area contributed by atoms with Crippen LogP contribution in [0.3, 0.4) is 0 Å². The van der Waals surface area contributed by atoms with Gasteiger partial charge in [-0.15, -0.1) is 11.8 Å². The molecule has 0 radical (unpaired) electrons. The molecule has 1 aliphatic heterocycles. The number of Topliss-reactive ketones (excluding diaryl/α,β-unsaturated/α-hetero) is 1. The van der Waals surface area contributed by atoms with E-state index in [0.29, 0.717) is 45.1 Å². The molecule has 1 aromatic carbocycles. The number of rotatable bonds is 8. The Balaban J connectivity index is 2.34. The van der Waals surface area contributed by atoms with Crippen molar-refractivity contribution in [3.8, 4) is 0 Å². The summed E-state index contributed by atoms with van der Waals surface area (Å²) in [5.41, 5.74) is 0.594. The number of carbonyl (C=O) groups is 1. The van der Waals surface area contributed by atoms with E-state index in [9.17, 15) is 4.79 Å². The van der Waals surface area contributed by atoms with E-state index in [1.54, 1.807) is 11.8 Å². The summed E-state index contributed by atoms with van der Waals surface area (Å²) < 4.78 is 17.2. The van der Waals surface area contributed by atoms with Crippen LogP contribution in [0.1, 0.15) is 24.2 Å². The van der Waals surface area contributed by atoms with E-state index in [4.69, 9.17) is 14.2 Å². The van der Waals surface area contributed by atoms with Crippen LogP contribution in [0.15, 0.2) is 29.2 Å². The Morgan fingerprint density at radius 3 is 2.22 bits per heavy atom. The number of carbonyl (C=O) groups excluding carboxylic acids is 1. The number of ether oxygens (including phenoxy) is 3. The monoisotopic (exact) mass is 339 g/mol. The van der Waals surface area contributed by atoms with Crippen LogP contribution in [0.2, 0.25) is 0 Å². The smallest absolute Gasteiger partial charge is 0.297 e. The second kappa shape index (κ2) is 8.80. The highest BCUT2D eigenvalue weighted by Crippen LogP contribution is 2.27. The minimum absolute atomic E-state index is 0.157. The molecule has 1 aliphatic rings. The summed E-state index contributed by atoms with van der Waals surface area (Å²) in [5, 5.41) is 0. The molecule has 0 atom stereocenters. The maximum atomic E-state index is 13.2. The van der Waals surface area contributed by atoms with E-state index in [-0.39, 0.29) is 5.78 Å². The van der Waals surface area contributed by atoms with Gasteiger partial charge in [-0.3, -0.25) is 4.79 Å². The molecule has 0 aliphatic carbocycles. The highest BCUT2D eigenvalue weighted by Gasteiger charge is 2.47. The van der Waals surface area contributed by atoms with Crippen molar-refractivity contribution in [1.82, 2.24) is 4.90 Å². The summed E-state index contributed by atoms with van der Waals surface area (Å²) in [6.45, 7) is 6.89. The number of thioether (sulfide) groups is 1. The largest absolute Gasteiger partial charge is 0.379 e. The number of hydrogen-bond donors (Lipinski definition) is 0. The lowest BCUT2D eigenvalue weighted by atomic mass is 10.1. The maximum absolute atomic E-state index is 13.2. The van der Waals surface area contributed by atoms with E-state index in [0.717, 1.165) is 4.90 Å². The Hall–Kier alpha value is -0.920. The molecule has 1 heterocycles. The van der Waals surface area contributed by atoms with Crippen LogP contribution in [0.4, 0.5) is 0 Å². The summed E-state index contributed by atoms with van der Waals surface area (Å²) >= 11 is 1.64. The van der Waals surface area contributed by atoms with Gasteiger partial charge in [-0.2, -0.15) is 0 Å². The van der Waals surface area contributed by atoms with Gasteiger partial charge in [-0.05, 0) is 32.2 Å². The van der Waals surface area contributed by atoms with Crippen molar-refractivity contribution in [1.29, 1.82) is 0 Å². The standard InChI is InChI=1S/C17H25NO4S/c1-4-21-17(22-5-2,18-10-12-20-13-11-18)16(19)14-6-8-15(23-3)9-7-14/h6-9H,4-5,10-13H2,1-3H3. The third-order valence-corrected chi connectivity index (χ3v) is 4.49. The van der Waals surface area contributed by atoms with Gasteiger partial charge in [0.15, 0.2) is 0 Å². The van der Waals surface area contributed by atoms with Gasteiger partial charge >= 0.3 is 0 Å². The Morgan fingerprint density at radius 2 is 1.74 bits per heavy atom. The topological polar surface area (TPSA) is 48.0 Å². The third-order valence-electron chi connectivity index (χ3n) is 3.75. The normalized spacial score (nSPS) is 16.5. The van der Waals surface area contributed by atoms with Crippen molar-refractivity contribution in [2.45, 2.75) is 24.7 Å². The summed E-state index contributed by atoms with van der Waals surface area (Å²) in [6.07, 6.45) is 2.01. The van der Waals surface area contributed by atoms with Crippen molar-refractivity contribution >= 4 is 17.5 Å². The van der Waals surface area contributed by atoms with Gasteiger partial charge in [-0.1, -0.05) is 12.1 Å².